The molecule has 5 nitrogen and oxygen atoms in total. The van der Waals surface area contributed by atoms with Gasteiger partial charge in [-0.1, -0.05) is 31.4 Å². The number of methoxy groups -OCH3 is 1. The second-order valence-corrected chi connectivity index (χ2v) is 5.97. The number of halogens is 3. The van der Waals surface area contributed by atoms with Crippen LogP contribution in [0.3, 0.4) is 0 Å². The molecule has 1 aromatic carbocycles. The molecule has 0 heterocycles. The topological polar surface area (TPSA) is 64.6 Å². The molecule has 2 rings (SSSR count). The highest BCUT2D eigenvalue weighted by atomic mass is 19.4. The summed E-state index contributed by atoms with van der Waals surface area (Å²) in [5, 5.41) is 2.59. The molecule has 138 valence electrons. The molecule has 1 saturated carbocycles. The molecule has 0 unspecified atom stereocenters. The van der Waals surface area contributed by atoms with Gasteiger partial charge in [0.05, 0.1) is 12.7 Å². The van der Waals surface area contributed by atoms with E-state index in [0.29, 0.717) is 12.8 Å². The Hall–Kier alpha value is -2.25. The van der Waals surface area contributed by atoms with E-state index in [2.05, 4.69) is 5.32 Å². The summed E-state index contributed by atoms with van der Waals surface area (Å²) in [4.78, 5) is 24.2. The highest BCUT2D eigenvalue weighted by Crippen LogP contribution is 2.36. The van der Waals surface area contributed by atoms with Crippen molar-refractivity contribution in [2.45, 2.75) is 43.8 Å². The van der Waals surface area contributed by atoms with Crippen molar-refractivity contribution in [1.29, 1.82) is 0 Å². The molecular weight excluding hydrogens is 339 g/mol. The van der Waals surface area contributed by atoms with Crippen molar-refractivity contribution in [1.82, 2.24) is 5.32 Å². The Balaban J connectivity index is 2.04. The summed E-state index contributed by atoms with van der Waals surface area (Å²) in [6.45, 7) is -0.619. The van der Waals surface area contributed by atoms with Crippen LogP contribution in [-0.4, -0.2) is 31.1 Å². The van der Waals surface area contributed by atoms with Crippen molar-refractivity contribution in [3.8, 4) is 5.75 Å². The zero-order chi connectivity index (χ0) is 18.5. The maximum absolute atomic E-state index is 12.9. The van der Waals surface area contributed by atoms with Crippen LogP contribution in [0.5, 0.6) is 5.75 Å². The Labute approximate surface area is 143 Å². The van der Waals surface area contributed by atoms with Gasteiger partial charge >= 0.3 is 12.1 Å². The Bertz CT molecular complexity index is 625. The van der Waals surface area contributed by atoms with Gasteiger partial charge in [-0.25, -0.2) is 4.79 Å². The van der Waals surface area contributed by atoms with Gasteiger partial charge in [0.25, 0.3) is 5.91 Å². The van der Waals surface area contributed by atoms with Gasteiger partial charge in [0, 0.05) is 0 Å². The molecular formula is C17H20F3NO4. The molecule has 0 bridgehead atoms. The highest BCUT2D eigenvalue weighted by molar-refractivity contribution is 5.88. The van der Waals surface area contributed by atoms with Gasteiger partial charge < -0.3 is 14.8 Å². The third kappa shape index (κ3) is 4.64. The second kappa shape index (κ2) is 7.76. The van der Waals surface area contributed by atoms with Crippen molar-refractivity contribution in [2.24, 2.45) is 0 Å². The number of carbonyl (C=O) groups is 2. The molecule has 1 aromatic rings. The fourth-order valence-corrected chi connectivity index (χ4v) is 3.00. The molecule has 1 N–H and O–H groups in total. The molecule has 0 radical (unpaired) electrons. The van der Waals surface area contributed by atoms with E-state index in [1.165, 1.54) is 19.2 Å². The van der Waals surface area contributed by atoms with Gasteiger partial charge in [0.1, 0.15) is 11.3 Å². The lowest BCUT2D eigenvalue weighted by molar-refractivity contribution is -0.153. The molecule has 1 fully saturated rings. The third-order valence-corrected chi connectivity index (χ3v) is 4.21. The van der Waals surface area contributed by atoms with Crippen LogP contribution in [0.15, 0.2) is 24.3 Å². The van der Waals surface area contributed by atoms with Crippen LogP contribution in [-0.2, 0) is 20.5 Å². The summed E-state index contributed by atoms with van der Waals surface area (Å²) in [5.74, 6) is -1.64. The number of para-hydroxylation sites is 1. The Morgan fingerprint density at radius 1 is 1.16 bits per heavy atom. The first kappa shape index (κ1) is 19.1. The standard InChI is InChI=1S/C17H20F3NO4/c1-24-15(23)16(9-5-2-6-10-16)21-14(22)11-25-13-8-4-3-7-12(13)17(18,19)20/h3-4,7-8H,2,5-6,9-11H2,1H3,(H,21,22). The van der Waals surface area contributed by atoms with E-state index < -0.39 is 41.5 Å². The highest BCUT2D eigenvalue weighted by Gasteiger charge is 2.42. The molecule has 25 heavy (non-hydrogen) atoms. The minimum atomic E-state index is -4.58. The molecule has 1 aliphatic carbocycles. The van der Waals surface area contributed by atoms with Crippen LogP contribution in [0.1, 0.15) is 37.7 Å². The van der Waals surface area contributed by atoms with E-state index in [4.69, 9.17) is 9.47 Å². The van der Waals surface area contributed by atoms with Crippen LogP contribution in [0.2, 0.25) is 0 Å². The molecule has 0 aliphatic heterocycles. The van der Waals surface area contributed by atoms with Crippen molar-refractivity contribution in [2.75, 3.05) is 13.7 Å². The summed E-state index contributed by atoms with van der Waals surface area (Å²) in [7, 11) is 1.24. The van der Waals surface area contributed by atoms with Crippen LogP contribution < -0.4 is 10.1 Å². The summed E-state index contributed by atoms with van der Waals surface area (Å²) >= 11 is 0. The van der Waals surface area contributed by atoms with Crippen molar-refractivity contribution >= 4 is 11.9 Å². The quantitative estimate of drug-likeness (QED) is 0.821. The number of alkyl halides is 3. The largest absolute Gasteiger partial charge is 0.483 e. The first-order chi connectivity index (χ1) is 11.8. The van der Waals surface area contributed by atoms with Crippen LogP contribution in [0.4, 0.5) is 13.2 Å². The Kier molecular flexibility index (Phi) is 5.92. The number of carbonyl (C=O) groups excluding carboxylic acids is 2. The summed E-state index contributed by atoms with van der Waals surface area (Å²) in [6.07, 6.45) is -1.25. The Morgan fingerprint density at radius 3 is 2.40 bits per heavy atom. The number of rotatable bonds is 5. The van der Waals surface area contributed by atoms with Crippen LogP contribution in [0.25, 0.3) is 0 Å². The third-order valence-electron chi connectivity index (χ3n) is 4.21. The van der Waals surface area contributed by atoms with Crippen molar-refractivity contribution in [3.05, 3.63) is 29.8 Å². The molecule has 0 saturated heterocycles. The zero-order valence-corrected chi connectivity index (χ0v) is 13.8. The Morgan fingerprint density at radius 2 is 1.80 bits per heavy atom. The number of nitrogens with one attached hydrogen (secondary N) is 1. The molecule has 1 aliphatic rings. The first-order valence-corrected chi connectivity index (χ1v) is 7.97. The minimum Gasteiger partial charge on any atom is -0.483 e. The van der Waals surface area contributed by atoms with E-state index in [1.807, 2.05) is 0 Å². The first-order valence-electron chi connectivity index (χ1n) is 7.97. The number of esters is 1. The summed E-state index contributed by atoms with van der Waals surface area (Å²) < 4.78 is 48.6. The predicted octanol–water partition coefficient (Wildman–Crippen LogP) is 3.08. The van der Waals surface area contributed by atoms with Gasteiger partial charge in [-0.3, -0.25) is 4.79 Å². The van der Waals surface area contributed by atoms with Gasteiger partial charge in [-0.15, -0.1) is 0 Å². The smallest absolute Gasteiger partial charge is 0.419 e. The van der Waals surface area contributed by atoms with Crippen LogP contribution >= 0.6 is 0 Å². The number of benzene rings is 1. The summed E-state index contributed by atoms with van der Waals surface area (Å²) in [5.41, 5.74) is -2.08. The number of hydrogen-bond donors (Lipinski definition) is 1. The molecule has 1 amide bonds. The lowest BCUT2D eigenvalue weighted by atomic mass is 9.81. The fraction of sp³-hybridized carbons (Fsp3) is 0.529. The normalized spacial score (nSPS) is 16.8. The maximum Gasteiger partial charge on any atom is 0.419 e. The van der Waals surface area contributed by atoms with E-state index in [9.17, 15) is 22.8 Å². The SMILES string of the molecule is COC(=O)C1(NC(=O)COc2ccccc2C(F)(F)F)CCCCC1. The van der Waals surface area contributed by atoms with E-state index in [-0.39, 0.29) is 0 Å². The van der Waals surface area contributed by atoms with E-state index in [0.717, 1.165) is 31.4 Å². The lowest BCUT2D eigenvalue weighted by Crippen LogP contribution is -2.57. The second-order valence-electron chi connectivity index (χ2n) is 5.97. The van der Waals surface area contributed by atoms with E-state index >= 15 is 0 Å². The van der Waals surface area contributed by atoms with Crippen LogP contribution in [0, 0.1) is 0 Å². The average Bonchev–Trinajstić information content (AvgIpc) is 2.59. The number of amides is 1. The van der Waals surface area contributed by atoms with E-state index in [1.54, 1.807) is 0 Å². The molecule has 0 spiro atoms. The van der Waals surface area contributed by atoms with Gasteiger partial charge in [0.15, 0.2) is 6.61 Å². The van der Waals surface area contributed by atoms with Crippen molar-refractivity contribution in [3.63, 3.8) is 0 Å². The van der Waals surface area contributed by atoms with Gasteiger partial charge in [-0.2, -0.15) is 13.2 Å². The maximum atomic E-state index is 12.9. The molecule has 0 aromatic heterocycles. The zero-order valence-electron chi connectivity index (χ0n) is 13.8. The monoisotopic (exact) mass is 359 g/mol. The fourth-order valence-electron chi connectivity index (χ4n) is 3.00. The average molecular weight is 359 g/mol. The van der Waals surface area contributed by atoms with Gasteiger partial charge in [0.2, 0.25) is 0 Å². The number of ether oxygens (including phenoxy) is 2. The summed E-state index contributed by atoms with van der Waals surface area (Å²) in [6, 6.07) is 4.65. The molecule has 0 atom stereocenters. The minimum absolute atomic E-state index is 0.430. The van der Waals surface area contributed by atoms with Crippen molar-refractivity contribution < 1.29 is 32.2 Å². The molecule has 8 heteroatoms. The van der Waals surface area contributed by atoms with Gasteiger partial charge in [-0.05, 0) is 25.0 Å². The lowest BCUT2D eigenvalue weighted by Gasteiger charge is -2.35. The predicted molar refractivity (Wildman–Crippen MR) is 82.9 cm³/mol. The number of hydrogen-bond acceptors (Lipinski definition) is 4.